The number of anilines is 1. The maximum atomic E-state index is 12.2. The molecule has 2 aromatic heterocycles. The van der Waals surface area contributed by atoms with Crippen molar-refractivity contribution in [3.05, 3.63) is 50.5 Å². The van der Waals surface area contributed by atoms with E-state index in [1.807, 2.05) is 38.1 Å². The van der Waals surface area contributed by atoms with E-state index in [1.54, 1.807) is 12.1 Å². The van der Waals surface area contributed by atoms with Gasteiger partial charge in [0.05, 0.1) is 21.5 Å². The quantitative estimate of drug-likeness (QED) is 0.639. The van der Waals surface area contributed by atoms with Crippen LogP contribution in [-0.4, -0.2) is 17.5 Å². The molecule has 4 nitrogen and oxygen atoms in total. The number of hydrogen-bond acceptors (Lipinski definition) is 5. The summed E-state index contributed by atoms with van der Waals surface area (Å²) in [5.41, 5.74) is 1.86. The number of nitrogens with one attached hydrogen (secondary N) is 1. The molecule has 0 saturated carbocycles. The molecular formula is C17H15ClN2O2S2. The number of thiazole rings is 1. The lowest BCUT2D eigenvalue weighted by Crippen LogP contribution is -2.09. The van der Waals surface area contributed by atoms with E-state index in [-0.39, 0.29) is 5.91 Å². The number of hydrogen-bond donors (Lipinski definition) is 1. The SMILES string of the molecule is CCOc1ccc(-c2nc(NC(=O)c3ccc(Cl)s3)sc2C)cc1. The van der Waals surface area contributed by atoms with Crippen molar-refractivity contribution >= 4 is 45.3 Å². The highest BCUT2D eigenvalue weighted by atomic mass is 35.5. The summed E-state index contributed by atoms with van der Waals surface area (Å²) in [5.74, 6) is 0.635. The van der Waals surface area contributed by atoms with Gasteiger partial charge in [-0.2, -0.15) is 0 Å². The fourth-order valence-corrected chi connectivity index (χ4v) is 3.96. The Bertz CT molecular complexity index is 856. The number of carbonyl (C=O) groups excluding carboxylic acids is 1. The third-order valence-electron chi connectivity index (χ3n) is 3.25. The van der Waals surface area contributed by atoms with Crippen LogP contribution in [-0.2, 0) is 0 Å². The van der Waals surface area contributed by atoms with Crippen LogP contribution in [0, 0.1) is 6.92 Å². The van der Waals surface area contributed by atoms with Crippen LogP contribution in [0.2, 0.25) is 4.34 Å². The highest BCUT2D eigenvalue weighted by Crippen LogP contribution is 2.32. The lowest BCUT2D eigenvalue weighted by Gasteiger charge is -2.04. The number of ether oxygens (including phenoxy) is 1. The first-order valence-electron chi connectivity index (χ1n) is 7.34. The molecule has 0 fully saturated rings. The topological polar surface area (TPSA) is 51.2 Å². The Kier molecular flexibility index (Phi) is 5.18. The molecule has 3 aromatic rings. The van der Waals surface area contributed by atoms with Crippen LogP contribution in [0.5, 0.6) is 5.75 Å². The first kappa shape index (κ1) is 17.0. The molecule has 0 saturated heterocycles. The van der Waals surface area contributed by atoms with E-state index >= 15 is 0 Å². The molecule has 0 bridgehead atoms. The van der Waals surface area contributed by atoms with Gasteiger partial charge in [-0.15, -0.1) is 22.7 Å². The third kappa shape index (κ3) is 3.77. The molecule has 1 amide bonds. The molecule has 0 spiro atoms. The Morgan fingerprint density at radius 3 is 2.58 bits per heavy atom. The lowest BCUT2D eigenvalue weighted by molar-refractivity contribution is 0.103. The fourth-order valence-electron chi connectivity index (χ4n) is 2.19. The largest absolute Gasteiger partial charge is 0.494 e. The summed E-state index contributed by atoms with van der Waals surface area (Å²) in [6, 6.07) is 11.2. The van der Waals surface area contributed by atoms with Gasteiger partial charge in [0.1, 0.15) is 5.75 Å². The number of rotatable bonds is 5. The summed E-state index contributed by atoms with van der Waals surface area (Å²) in [7, 11) is 0. The number of aryl methyl sites for hydroxylation is 1. The smallest absolute Gasteiger partial charge is 0.267 e. The zero-order valence-corrected chi connectivity index (χ0v) is 15.5. The standard InChI is InChI=1S/C17H15ClN2O2S2/c1-3-22-12-6-4-11(5-7-12)15-10(2)23-17(19-15)20-16(21)13-8-9-14(18)24-13/h4-9H,3H2,1-2H3,(H,19,20,21). The molecule has 124 valence electrons. The van der Waals surface area contributed by atoms with E-state index in [2.05, 4.69) is 10.3 Å². The average molecular weight is 379 g/mol. The third-order valence-corrected chi connectivity index (χ3v) is 5.37. The minimum atomic E-state index is -0.195. The summed E-state index contributed by atoms with van der Waals surface area (Å²) >= 11 is 8.56. The maximum absolute atomic E-state index is 12.2. The summed E-state index contributed by atoms with van der Waals surface area (Å²) < 4.78 is 6.04. The van der Waals surface area contributed by atoms with E-state index in [0.29, 0.717) is 21.0 Å². The zero-order chi connectivity index (χ0) is 17.1. The Labute approximate surface area is 153 Å². The first-order chi connectivity index (χ1) is 11.6. The molecule has 0 aliphatic rings. The molecule has 3 rings (SSSR count). The molecule has 0 unspecified atom stereocenters. The summed E-state index contributed by atoms with van der Waals surface area (Å²) in [6.45, 7) is 4.58. The Morgan fingerprint density at radius 1 is 1.21 bits per heavy atom. The van der Waals surface area contributed by atoms with Crippen molar-refractivity contribution in [3.63, 3.8) is 0 Å². The molecule has 24 heavy (non-hydrogen) atoms. The van der Waals surface area contributed by atoms with E-state index in [0.717, 1.165) is 21.9 Å². The second-order valence-corrected chi connectivity index (χ2v) is 7.86. The molecule has 1 aromatic carbocycles. The van der Waals surface area contributed by atoms with Gasteiger partial charge in [0.25, 0.3) is 5.91 Å². The van der Waals surface area contributed by atoms with Crippen molar-refractivity contribution in [2.75, 3.05) is 11.9 Å². The number of nitrogens with zero attached hydrogens (tertiary/aromatic N) is 1. The van der Waals surface area contributed by atoms with Gasteiger partial charge in [-0.1, -0.05) is 11.6 Å². The number of amides is 1. The number of thiophene rings is 1. The molecule has 0 aliphatic heterocycles. The second kappa shape index (κ2) is 7.34. The Balaban J connectivity index is 1.78. The monoisotopic (exact) mass is 378 g/mol. The molecule has 7 heteroatoms. The van der Waals surface area contributed by atoms with E-state index < -0.39 is 0 Å². The summed E-state index contributed by atoms with van der Waals surface area (Å²) in [4.78, 5) is 18.3. The fraction of sp³-hybridized carbons (Fsp3) is 0.176. The Hall–Kier alpha value is -1.89. The van der Waals surface area contributed by atoms with Crippen molar-refractivity contribution in [1.29, 1.82) is 0 Å². The van der Waals surface area contributed by atoms with Gasteiger partial charge in [0, 0.05) is 10.4 Å². The van der Waals surface area contributed by atoms with Crippen LogP contribution in [0.15, 0.2) is 36.4 Å². The van der Waals surface area contributed by atoms with Crippen molar-refractivity contribution < 1.29 is 9.53 Å². The van der Waals surface area contributed by atoms with Crippen molar-refractivity contribution in [1.82, 2.24) is 4.98 Å². The van der Waals surface area contributed by atoms with E-state index in [9.17, 15) is 4.79 Å². The van der Waals surface area contributed by atoms with Crippen LogP contribution in [0.1, 0.15) is 21.5 Å². The first-order valence-corrected chi connectivity index (χ1v) is 9.35. The van der Waals surface area contributed by atoms with E-state index in [1.165, 1.54) is 22.7 Å². The van der Waals surface area contributed by atoms with Crippen LogP contribution in [0.3, 0.4) is 0 Å². The predicted molar refractivity (Wildman–Crippen MR) is 101 cm³/mol. The number of halogens is 1. The van der Waals surface area contributed by atoms with Crippen LogP contribution < -0.4 is 10.1 Å². The van der Waals surface area contributed by atoms with Crippen LogP contribution in [0.4, 0.5) is 5.13 Å². The zero-order valence-electron chi connectivity index (χ0n) is 13.1. The van der Waals surface area contributed by atoms with Crippen LogP contribution >= 0.6 is 34.3 Å². The summed E-state index contributed by atoms with van der Waals surface area (Å²) in [6.07, 6.45) is 0. The minimum Gasteiger partial charge on any atom is -0.494 e. The molecule has 0 atom stereocenters. The average Bonchev–Trinajstić information content (AvgIpc) is 3.14. The summed E-state index contributed by atoms with van der Waals surface area (Å²) in [5, 5.41) is 3.40. The highest BCUT2D eigenvalue weighted by molar-refractivity contribution is 7.18. The molecule has 0 aliphatic carbocycles. The van der Waals surface area contributed by atoms with Gasteiger partial charge in [0.15, 0.2) is 5.13 Å². The van der Waals surface area contributed by atoms with Gasteiger partial charge >= 0.3 is 0 Å². The molecule has 0 radical (unpaired) electrons. The molecular weight excluding hydrogens is 364 g/mol. The lowest BCUT2D eigenvalue weighted by atomic mass is 10.1. The normalized spacial score (nSPS) is 10.6. The minimum absolute atomic E-state index is 0.195. The predicted octanol–water partition coefficient (Wildman–Crippen LogP) is 5.48. The molecule has 2 heterocycles. The van der Waals surface area contributed by atoms with Gasteiger partial charge in [-0.25, -0.2) is 4.98 Å². The molecule has 1 N–H and O–H groups in total. The maximum Gasteiger partial charge on any atom is 0.267 e. The van der Waals surface area contributed by atoms with Gasteiger partial charge in [-0.3, -0.25) is 10.1 Å². The van der Waals surface area contributed by atoms with Crippen molar-refractivity contribution in [3.8, 4) is 17.0 Å². The van der Waals surface area contributed by atoms with Crippen LogP contribution in [0.25, 0.3) is 11.3 Å². The second-order valence-electron chi connectivity index (χ2n) is 4.94. The van der Waals surface area contributed by atoms with E-state index in [4.69, 9.17) is 16.3 Å². The van der Waals surface area contributed by atoms with Crippen molar-refractivity contribution in [2.24, 2.45) is 0 Å². The highest BCUT2D eigenvalue weighted by Gasteiger charge is 2.14. The van der Waals surface area contributed by atoms with Gasteiger partial charge in [0.2, 0.25) is 0 Å². The van der Waals surface area contributed by atoms with Gasteiger partial charge in [-0.05, 0) is 50.2 Å². The Morgan fingerprint density at radius 2 is 1.96 bits per heavy atom. The number of benzene rings is 1. The number of carbonyl (C=O) groups is 1. The van der Waals surface area contributed by atoms with Gasteiger partial charge < -0.3 is 4.74 Å². The van der Waals surface area contributed by atoms with Crippen molar-refractivity contribution in [2.45, 2.75) is 13.8 Å². The number of aromatic nitrogens is 1.